The summed E-state index contributed by atoms with van der Waals surface area (Å²) in [4.78, 5) is 63.5. The average molecular weight is 823 g/mol. The number of hydrogen-bond acceptors (Lipinski definition) is 7. The predicted octanol–water partition coefficient (Wildman–Crippen LogP) is 3.98. The van der Waals surface area contributed by atoms with Gasteiger partial charge in [-0.25, -0.2) is 13.2 Å². The van der Waals surface area contributed by atoms with Crippen LogP contribution in [0.15, 0.2) is 36.4 Å². The van der Waals surface area contributed by atoms with E-state index in [0.717, 1.165) is 6.42 Å². The molecule has 0 unspecified atom stereocenters. The molecule has 0 aliphatic carbocycles. The van der Waals surface area contributed by atoms with E-state index in [1.165, 1.54) is 29.2 Å². The fourth-order valence-electron chi connectivity index (χ4n) is 8.53. The van der Waals surface area contributed by atoms with Gasteiger partial charge in [0.1, 0.15) is 29.9 Å². The Morgan fingerprint density at radius 2 is 1.27 bits per heavy atom. The van der Waals surface area contributed by atoms with E-state index in [4.69, 9.17) is 0 Å². The molecule has 2 aromatic heterocycles. The zero-order chi connectivity index (χ0) is 42.7. The van der Waals surface area contributed by atoms with Gasteiger partial charge in [0.15, 0.2) is 0 Å². The highest BCUT2D eigenvalue weighted by atomic mass is 19.1. The van der Waals surface area contributed by atoms with Gasteiger partial charge in [-0.1, -0.05) is 19.8 Å². The van der Waals surface area contributed by atoms with Crippen LogP contribution in [0.1, 0.15) is 70.9 Å². The van der Waals surface area contributed by atoms with Crippen molar-refractivity contribution in [2.75, 3.05) is 27.2 Å². The van der Waals surface area contributed by atoms with Crippen LogP contribution in [0.2, 0.25) is 0 Å². The maximum Gasteiger partial charge on any atom is 0.245 e. The number of hydrogen-bond donors (Lipinski definition) is 7. The van der Waals surface area contributed by atoms with E-state index in [2.05, 4.69) is 31.2 Å². The van der Waals surface area contributed by atoms with E-state index >= 15 is 4.39 Å². The number of fused-ring (bicyclic) bond motifs is 2. The van der Waals surface area contributed by atoms with Gasteiger partial charge in [0.25, 0.3) is 0 Å². The summed E-state index contributed by atoms with van der Waals surface area (Å²) >= 11 is 0. The molecule has 7 N–H and O–H groups in total. The number of likely N-dealkylation sites (tertiary alicyclic amines) is 2. The second-order valence-electron chi connectivity index (χ2n) is 16.2. The molecule has 6 rings (SSSR count). The van der Waals surface area contributed by atoms with Gasteiger partial charge in [-0.2, -0.15) is 0 Å². The number of rotatable bonds is 16. The van der Waals surface area contributed by atoms with Crippen molar-refractivity contribution in [2.45, 2.75) is 121 Å². The van der Waals surface area contributed by atoms with E-state index in [1.54, 1.807) is 51.9 Å². The largest absolute Gasteiger partial charge is 0.391 e. The summed E-state index contributed by atoms with van der Waals surface area (Å²) in [5.74, 6) is -2.38. The molecule has 4 amide bonds. The van der Waals surface area contributed by atoms with E-state index in [1.807, 2.05) is 6.92 Å². The normalized spacial score (nSPS) is 21.5. The molecule has 4 heterocycles. The van der Waals surface area contributed by atoms with Crippen molar-refractivity contribution >= 4 is 45.4 Å². The fourth-order valence-corrected chi connectivity index (χ4v) is 8.53. The molecule has 8 atom stereocenters. The number of aliphatic hydroxyl groups is 1. The van der Waals surface area contributed by atoms with Gasteiger partial charge in [-0.15, -0.1) is 0 Å². The summed E-state index contributed by atoms with van der Waals surface area (Å²) in [5.41, 5.74) is 3.38. The maximum atomic E-state index is 15.3. The van der Waals surface area contributed by atoms with Gasteiger partial charge in [0, 0.05) is 46.9 Å². The Morgan fingerprint density at radius 1 is 0.763 bits per heavy atom. The van der Waals surface area contributed by atoms with E-state index in [0.29, 0.717) is 57.2 Å². The molecule has 2 aliphatic heterocycles. The molecule has 59 heavy (non-hydrogen) atoms. The first-order chi connectivity index (χ1) is 28.1. The number of aromatic nitrogens is 2. The number of aromatic amines is 2. The molecule has 0 bridgehead atoms. The quantitative estimate of drug-likeness (QED) is 0.0896. The van der Waals surface area contributed by atoms with Gasteiger partial charge in [-0.3, -0.25) is 19.2 Å². The number of nitrogens with zero attached hydrogens (tertiary/aromatic N) is 2. The molecule has 320 valence electrons. The lowest BCUT2D eigenvalue weighted by molar-refractivity contribution is -0.138. The molecular weight excluding hydrogens is 766 g/mol. The third-order valence-electron chi connectivity index (χ3n) is 12.0. The second-order valence-corrected chi connectivity index (χ2v) is 16.2. The van der Waals surface area contributed by atoms with E-state index in [9.17, 15) is 33.1 Å². The van der Waals surface area contributed by atoms with E-state index in [-0.39, 0.29) is 56.5 Å². The zero-order valence-corrected chi connectivity index (χ0v) is 34.6. The van der Waals surface area contributed by atoms with Gasteiger partial charge in [0.05, 0.1) is 36.1 Å². The number of unbranched alkanes of at least 4 members (excludes halogenated alkanes) is 1. The number of aliphatic hydroxyl groups excluding tert-OH is 1. The lowest BCUT2D eigenvalue weighted by atomic mass is 9.94. The number of H-pyrrole nitrogens is 2. The molecule has 4 aromatic rings. The first kappa shape index (κ1) is 43.6. The number of amides is 4. The number of β-amino-alcohol motifs (C(OH)–C–C–N with tert-alkyl or cyclic N) is 1. The Morgan fingerprint density at radius 3 is 1.80 bits per heavy atom. The first-order valence-electron chi connectivity index (χ1n) is 20.6. The first-order valence-corrected chi connectivity index (χ1v) is 20.6. The van der Waals surface area contributed by atoms with Crippen LogP contribution in [-0.2, 0) is 32.0 Å². The van der Waals surface area contributed by atoms with Gasteiger partial charge in [-0.05, 0) is 108 Å². The minimum atomic E-state index is -1.31. The van der Waals surface area contributed by atoms with Crippen molar-refractivity contribution in [3.8, 4) is 11.4 Å². The lowest BCUT2D eigenvalue weighted by Gasteiger charge is -2.30. The highest BCUT2D eigenvalue weighted by Crippen LogP contribution is 2.40. The van der Waals surface area contributed by atoms with Crippen LogP contribution in [0.25, 0.3) is 33.2 Å². The van der Waals surface area contributed by atoms with Crippen LogP contribution in [0.5, 0.6) is 0 Å². The summed E-state index contributed by atoms with van der Waals surface area (Å²) in [6.07, 6.45) is 0.482. The van der Waals surface area contributed by atoms with Gasteiger partial charge in [0.2, 0.25) is 23.6 Å². The van der Waals surface area contributed by atoms with Crippen LogP contribution in [0.3, 0.4) is 0 Å². The minimum Gasteiger partial charge on any atom is -0.391 e. The third kappa shape index (κ3) is 9.44. The molecule has 13 nitrogen and oxygen atoms in total. The standard InChI is InChI=1S/C43H57F3N8O5/c1-7-8-9-35(52-41(57)23(3)48-6)43(59)54-21-30(55)17-29(54)19-34-32-13-11-26(45)16-37(32)51-39(34)38-33(31-12-10-25(44)15-36(31)50-38)18-28-14-27(46)20-53(28)42(58)24(4)49-40(56)22(2)47-5/h10-13,15-16,22-24,27-30,35,47-48,50-51,55H,7-9,14,17-21H2,1-6H3,(H,49,56)(H,52,57)/t22-,23-,24-,27-,28-,29-,30-,35-/m0/s1. The van der Waals surface area contributed by atoms with Crippen molar-refractivity contribution < 1.29 is 37.5 Å². The van der Waals surface area contributed by atoms with Crippen molar-refractivity contribution in [1.82, 2.24) is 41.0 Å². The number of halogens is 3. The van der Waals surface area contributed by atoms with Gasteiger partial charge >= 0.3 is 0 Å². The Balaban J connectivity index is 1.39. The van der Waals surface area contributed by atoms with Crippen LogP contribution in [0, 0.1) is 11.6 Å². The summed E-state index contributed by atoms with van der Waals surface area (Å²) in [5, 5.41) is 23.7. The molecule has 2 fully saturated rings. The molecule has 2 aromatic carbocycles. The zero-order valence-electron chi connectivity index (χ0n) is 34.6. The van der Waals surface area contributed by atoms with Crippen molar-refractivity contribution in [3.63, 3.8) is 0 Å². The Bertz CT molecular complexity index is 2180. The number of benzene rings is 2. The maximum absolute atomic E-state index is 15.3. The van der Waals surface area contributed by atoms with Gasteiger partial charge < -0.3 is 46.1 Å². The SMILES string of the molecule is CCCC[C@H](NC(=O)[C@H](C)NC)C(=O)N1C[C@@H](O)C[C@H]1Cc1c(-c2[nH]c3cc(F)ccc3c2C[C@@H]2C[C@H](F)CN2C(=O)[C@H](C)NC(=O)[C@H](C)NC)[nH]c2cc(F)ccc12. The molecule has 16 heteroatoms. The number of carbonyl (C=O) groups excluding carboxylic acids is 4. The molecule has 0 spiro atoms. The van der Waals surface area contributed by atoms with Crippen molar-refractivity contribution in [2.24, 2.45) is 0 Å². The third-order valence-corrected chi connectivity index (χ3v) is 12.0. The molecule has 0 radical (unpaired) electrons. The van der Waals surface area contributed by atoms with Crippen molar-refractivity contribution in [3.05, 3.63) is 59.2 Å². The van der Waals surface area contributed by atoms with Crippen LogP contribution in [0.4, 0.5) is 13.2 Å². The topological polar surface area (TPSA) is 175 Å². The highest BCUT2D eigenvalue weighted by Gasteiger charge is 2.41. The van der Waals surface area contributed by atoms with Crippen LogP contribution >= 0.6 is 0 Å². The van der Waals surface area contributed by atoms with E-state index < -0.39 is 66.1 Å². The molecular formula is C43H57F3N8O5. The number of likely N-dealkylation sites (N-methyl/N-ethyl adjacent to an activating group) is 2. The Hall–Kier alpha value is -4.93. The summed E-state index contributed by atoms with van der Waals surface area (Å²) in [6.45, 7) is 6.85. The summed E-state index contributed by atoms with van der Waals surface area (Å²) in [6, 6.07) is 4.74. The predicted molar refractivity (Wildman–Crippen MR) is 220 cm³/mol. The number of nitrogens with one attached hydrogen (secondary N) is 6. The Kier molecular flexibility index (Phi) is 13.7. The number of carbonyl (C=O) groups is 4. The molecule has 2 saturated heterocycles. The highest BCUT2D eigenvalue weighted by molar-refractivity contribution is 5.97. The van der Waals surface area contributed by atoms with Crippen molar-refractivity contribution in [1.29, 1.82) is 0 Å². The smallest absolute Gasteiger partial charge is 0.245 e. The van der Waals surface area contributed by atoms with Crippen LogP contribution in [-0.4, -0.2) is 124 Å². The average Bonchev–Trinajstić information content (AvgIpc) is 3.97. The lowest BCUT2D eigenvalue weighted by Crippen LogP contribution is -2.53. The summed E-state index contributed by atoms with van der Waals surface area (Å²) in [7, 11) is 3.29. The molecule has 0 saturated carbocycles. The second kappa shape index (κ2) is 18.6. The molecule has 2 aliphatic rings. The minimum absolute atomic E-state index is 0.0390. The Labute approximate surface area is 342 Å². The van der Waals surface area contributed by atoms with Crippen LogP contribution < -0.4 is 21.3 Å². The number of alkyl halides is 1. The monoisotopic (exact) mass is 822 g/mol. The summed E-state index contributed by atoms with van der Waals surface area (Å²) < 4.78 is 44.9. The fraction of sp³-hybridized carbons (Fsp3) is 0.535.